The van der Waals surface area contributed by atoms with E-state index in [1.807, 2.05) is 34.0 Å². The maximum atomic E-state index is 9.33. The minimum absolute atomic E-state index is 0.0864. The zero-order valence-electron chi connectivity index (χ0n) is 12.8. The smallest absolute Gasteiger partial charge is 0.145 e. The highest BCUT2D eigenvalue weighted by Gasteiger charge is 2.21. The van der Waals surface area contributed by atoms with Crippen LogP contribution in [-0.2, 0) is 5.41 Å². The zero-order valence-corrected chi connectivity index (χ0v) is 13.6. The molecule has 2 atom stereocenters. The van der Waals surface area contributed by atoms with Gasteiger partial charge in [0.2, 0.25) is 0 Å². The summed E-state index contributed by atoms with van der Waals surface area (Å²) in [5, 5.41) is 12.7. The quantitative estimate of drug-likeness (QED) is 0.468. The predicted octanol–water partition coefficient (Wildman–Crippen LogP) is 1.58. The fourth-order valence-electron chi connectivity index (χ4n) is 1.69. The number of rotatable bonds is 6. The van der Waals surface area contributed by atoms with E-state index in [0.717, 1.165) is 0 Å². The van der Waals surface area contributed by atoms with Crippen LogP contribution in [0.15, 0.2) is 6.07 Å². The molecule has 0 fully saturated rings. The average Bonchev–Trinajstić information content (AvgIpc) is 2.38. The number of hydrogen-bond donors (Lipinski definition) is 4. The Balaban J connectivity index is 3.00. The molecule has 0 aliphatic carbocycles. The molecule has 0 saturated carbocycles. The van der Waals surface area contributed by atoms with Crippen LogP contribution >= 0.6 is 11.8 Å². The van der Waals surface area contributed by atoms with E-state index in [-0.39, 0.29) is 23.3 Å². The third-order valence-corrected chi connectivity index (χ3v) is 4.12. The lowest BCUT2D eigenvalue weighted by Crippen LogP contribution is -2.32. The average molecular weight is 299 g/mol. The van der Waals surface area contributed by atoms with Crippen LogP contribution in [0, 0.1) is 0 Å². The van der Waals surface area contributed by atoms with Crippen LogP contribution in [0.3, 0.4) is 0 Å². The Hall–Kier alpha value is -1.05. The van der Waals surface area contributed by atoms with Crippen LogP contribution in [0.2, 0.25) is 0 Å². The van der Waals surface area contributed by atoms with Crippen molar-refractivity contribution in [3.8, 4) is 0 Å². The second kappa shape index (κ2) is 7.10. The molecule has 7 heteroatoms. The summed E-state index contributed by atoms with van der Waals surface area (Å²) in [6, 6.07) is 1.85. The van der Waals surface area contributed by atoms with Crippen LogP contribution in [0.5, 0.6) is 0 Å². The summed E-state index contributed by atoms with van der Waals surface area (Å²) in [6.45, 7) is 8.29. The number of nitrogens with one attached hydrogen (secondary N) is 2. The number of thioether (sulfide) groups is 1. The first-order chi connectivity index (χ1) is 9.31. The van der Waals surface area contributed by atoms with E-state index in [0.29, 0.717) is 17.5 Å². The standard InChI is InChI=1S/C13H25N5OS/c1-8(9(7-19)20-5)15-10-6-11(18-14)17-12(16-10)13(2,3)4/h6,8-9,19H,7,14H2,1-5H3,(H2,15,16,17,18). The van der Waals surface area contributed by atoms with Crippen molar-refractivity contribution >= 4 is 23.4 Å². The molecule has 1 rings (SSSR count). The summed E-state index contributed by atoms with van der Waals surface area (Å²) in [5.74, 6) is 7.46. The van der Waals surface area contributed by atoms with Gasteiger partial charge in [0.1, 0.15) is 17.5 Å². The molecule has 20 heavy (non-hydrogen) atoms. The van der Waals surface area contributed by atoms with Gasteiger partial charge in [-0.15, -0.1) is 0 Å². The van der Waals surface area contributed by atoms with Gasteiger partial charge in [-0.05, 0) is 13.2 Å². The molecular weight excluding hydrogens is 274 g/mol. The second-order valence-corrected chi connectivity index (χ2v) is 6.82. The summed E-state index contributed by atoms with van der Waals surface area (Å²) >= 11 is 1.62. The highest BCUT2D eigenvalue weighted by atomic mass is 32.2. The Labute approximate surface area is 124 Å². The molecule has 1 aromatic heterocycles. The normalized spacial score (nSPS) is 14.8. The van der Waals surface area contributed by atoms with Gasteiger partial charge in [0.15, 0.2) is 0 Å². The third kappa shape index (κ3) is 4.50. The van der Waals surface area contributed by atoms with Gasteiger partial charge in [0.05, 0.1) is 6.61 Å². The van der Waals surface area contributed by atoms with Crippen LogP contribution in [0.1, 0.15) is 33.5 Å². The van der Waals surface area contributed by atoms with E-state index in [1.165, 1.54) is 0 Å². The summed E-state index contributed by atoms with van der Waals surface area (Å²) in [6.07, 6.45) is 1.98. The number of aromatic nitrogens is 2. The Morgan fingerprint density at radius 3 is 2.40 bits per heavy atom. The molecule has 0 radical (unpaired) electrons. The third-order valence-electron chi connectivity index (χ3n) is 2.96. The zero-order chi connectivity index (χ0) is 15.3. The van der Waals surface area contributed by atoms with E-state index in [4.69, 9.17) is 5.84 Å². The van der Waals surface area contributed by atoms with Gasteiger partial charge >= 0.3 is 0 Å². The van der Waals surface area contributed by atoms with Crippen LogP contribution < -0.4 is 16.6 Å². The number of nitrogen functional groups attached to an aromatic ring is 1. The van der Waals surface area contributed by atoms with Crippen molar-refractivity contribution in [1.29, 1.82) is 0 Å². The number of hydrazine groups is 1. The molecule has 5 N–H and O–H groups in total. The largest absolute Gasteiger partial charge is 0.395 e. The molecule has 6 nitrogen and oxygen atoms in total. The first-order valence-corrected chi connectivity index (χ1v) is 7.87. The predicted molar refractivity (Wildman–Crippen MR) is 86.0 cm³/mol. The highest BCUT2D eigenvalue weighted by molar-refractivity contribution is 7.99. The molecule has 1 heterocycles. The van der Waals surface area contributed by atoms with Crippen LogP contribution in [0.25, 0.3) is 0 Å². The van der Waals surface area contributed by atoms with Crippen molar-refractivity contribution < 1.29 is 5.11 Å². The Kier molecular flexibility index (Phi) is 6.04. The monoisotopic (exact) mass is 299 g/mol. The van der Waals surface area contributed by atoms with E-state index >= 15 is 0 Å². The van der Waals surface area contributed by atoms with E-state index in [9.17, 15) is 5.11 Å². The molecule has 0 spiro atoms. The van der Waals surface area contributed by atoms with E-state index in [1.54, 1.807) is 17.8 Å². The number of aliphatic hydroxyl groups excluding tert-OH is 1. The number of aliphatic hydroxyl groups is 1. The molecule has 0 aromatic carbocycles. The lowest BCUT2D eigenvalue weighted by molar-refractivity contribution is 0.288. The van der Waals surface area contributed by atoms with Crippen LogP contribution in [0.4, 0.5) is 11.6 Å². The van der Waals surface area contributed by atoms with Crippen molar-refractivity contribution in [2.24, 2.45) is 5.84 Å². The SMILES string of the molecule is CSC(CO)C(C)Nc1cc(NN)nc(C(C)(C)C)n1. The van der Waals surface area contributed by atoms with Crippen molar-refractivity contribution in [2.75, 3.05) is 23.6 Å². The summed E-state index contributed by atoms with van der Waals surface area (Å²) in [5.41, 5.74) is 2.40. The minimum atomic E-state index is -0.164. The van der Waals surface area contributed by atoms with Crippen molar-refractivity contribution in [1.82, 2.24) is 9.97 Å². The van der Waals surface area contributed by atoms with E-state index < -0.39 is 0 Å². The first-order valence-electron chi connectivity index (χ1n) is 6.58. The molecular formula is C13H25N5OS. The first kappa shape index (κ1) is 17.0. The fourth-order valence-corrected chi connectivity index (χ4v) is 2.32. The van der Waals surface area contributed by atoms with Gasteiger partial charge in [-0.3, -0.25) is 0 Å². The number of nitrogens with zero attached hydrogens (tertiary/aromatic N) is 2. The van der Waals surface area contributed by atoms with Gasteiger partial charge in [-0.2, -0.15) is 11.8 Å². The summed E-state index contributed by atoms with van der Waals surface area (Å²) in [7, 11) is 0. The van der Waals surface area contributed by atoms with Gasteiger partial charge in [-0.1, -0.05) is 20.8 Å². The molecule has 0 aliphatic heterocycles. The lowest BCUT2D eigenvalue weighted by Gasteiger charge is -2.24. The molecule has 2 unspecified atom stereocenters. The minimum Gasteiger partial charge on any atom is -0.395 e. The van der Waals surface area contributed by atoms with Crippen molar-refractivity contribution in [2.45, 2.75) is 44.4 Å². The molecule has 0 saturated heterocycles. The van der Waals surface area contributed by atoms with Gasteiger partial charge in [0.25, 0.3) is 0 Å². The molecule has 0 bridgehead atoms. The number of hydrogen-bond acceptors (Lipinski definition) is 7. The lowest BCUT2D eigenvalue weighted by atomic mass is 9.96. The fraction of sp³-hybridized carbons (Fsp3) is 0.692. The Morgan fingerprint density at radius 1 is 1.35 bits per heavy atom. The van der Waals surface area contributed by atoms with Crippen molar-refractivity contribution in [3.05, 3.63) is 11.9 Å². The van der Waals surface area contributed by atoms with Gasteiger partial charge in [0, 0.05) is 22.8 Å². The Bertz CT molecular complexity index is 431. The number of nitrogens with two attached hydrogens (primary N) is 1. The Morgan fingerprint density at radius 2 is 1.95 bits per heavy atom. The van der Waals surface area contributed by atoms with Gasteiger partial charge in [-0.25, -0.2) is 15.8 Å². The molecule has 0 aliphatic rings. The molecule has 0 amide bonds. The molecule has 114 valence electrons. The van der Waals surface area contributed by atoms with Crippen molar-refractivity contribution in [3.63, 3.8) is 0 Å². The highest BCUT2D eigenvalue weighted by Crippen LogP contribution is 2.23. The van der Waals surface area contributed by atoms with Crippen LogP contribution in [-0.4, -0.2) is 39.2 Å². The maximum Gasteiger partial charge on any atom is 0.145 e. The van der Waals surface area contributed by atoms with Gasteiger partial charge < -0.3 is 15.8 Å². The topological polar surface area (TPSA) is 96.1 Å². The van der Waals surface area contributed by atoms with E-state index in [2.05, 4.69) is 20.7 Å². The summed E-state index contributed by atoms with van der Waals surface area (Å²) in [4.78, 5) is 8.91. The molecule has 1 aromatic rings. The summed E-state index contributed by atoms with van der Waals surface area (Å²) < 4.78 is 0. The second-order valence-electron chi connectivity index (χ2n) is 5.75. The maximum absolute atomic E-state index is 9.33. The number of anilines is 2.